The standard InChI is InChI=1S/C18H29B/c19-18-15-9-7-5-3-1-2-4-6-8-12-16-13-10-11-14-17(16)18/h10-11,13-14,18H,1-9,12,15,19H2. The number of hydrogen-bond donors (Lipinski definition) is 0. The lowest BCUT2D eigenvalue weighted by Gasteiger charge is -2.17. The largest absolute Gasteiger partial charge is 0.111 e. The quantitative estimate of drug-likeness (QED) is 0.584. The van der Waals surface area contributed by atoms with Crippen molar-refractivity contribution in [2.24, 2.45) is 0 Å². The molecular weight excluding hydrogens is 227 g/mol. The van der Waals surface area contributed by atoms with Crippen molar-refractivity contribution in [3.05, 3.63) is 35.4 Å². The van der Waals surface area contributed by atoms with Gasteiger partial charge in [0.25, 0.3) is 0 Å². The highest BCUT2D eigenvalue weighted by molar-refractivity contribution is 6.12. The van der Waals surface area contributed by atoms with Crippen LogP contribution in [0.5, 0.6) is 0 Å². The monoisotopic (exact) mass is 256 g/mol. The van der Waals surface area contributed by atoms with Gasteiger partial charge in [0, 0.05) is 0 Å². The average molecular weight is 256 g/mol. The minimum Gasteiger partial charge on any atom is -0.0620 e. The molecule has 0 saturated carbocycles. The smallest absolute Gasteiger partial charge is 0.0620 e. The van der Waals surface area contributed by atoms with Crippen LogP contribution in [0, 0.1) is 0 Å². The molecule has 0 bridgehead atoms. The molecule has 0 heterocycles. The van der Waals surface area contributed by atoms with Crippen molar-refractivity contribution in [1.29, 1.82) is 0 Å². The zero-order chi connectivity index (χ0) is 13.3. The van der Waals surface area contributed by atoms with E-state index in [1.54, 1.807) is 11.1 Å². The molecule has 1 atom stereocenters. The fourth-order valence-corrected chi connectivity index (χ4v) is 3.40. The van der Waals surface area contributed by atoms with Crippen LogP contribution >= 0.6 is 0 Å². The molecule has 0 nitrogen and oxygen atoms in total. The van der Waals surface area contributed by atoms with Gasteiger partial charge in [-0.1, -0.05) is 82.1 Å². The summed E-state index contributed by atoms with van der Waals surface area (Å²) in [6, 6.07) is 9.16. The summed E-state index contributed by atoms with van der Waals surface area (Å²) in [6.07, 6.45) is 15.6. The third kappa shape index (κ3) is 5.05. The van der Waals surface area contributed by atoms with Crippen molar-refractivity contribution in [1.82, 2.24) is 0 Å². The first-order valence-corrected chi connectivity index (χ1v) is 8.46. The van der Waals surface area contributed by atoms with Crippen molar-refractivity contribution in [2.45, 2.75) is 76.4 Å². The normalized spacial score (nSPS) is 23.3. The molecule has 1 heteroatoms. The van der Waals surface area contributed by atoms with E-state index in [2.05, 4.69) is 32.1 Å². The van der Waals surface area contributed by atoms with E-state index in [0.717, 1.165) is 5.82 Å². The fraction of sp³-hybridized carbons (Fsp3) is 0.667. The number of hydrogen-bond acceptors (Lipinski definition) is 0. The molecule has 1 aliphatic carbocycles. The Labute approximate surface area is 120 Å². The molecule has 2 rings (SSSR count). The topological polar surface area (TPSA) is 0 Å². The summed E-state index contributed by atoms with van der Waals surface area (Å²) in [6.45, 7) is 0. The summed E-state index contributed by atoms with van der Waals surface area (Å²) in [4.78, 5) is 0. The molecule has 1 aromatic carbocycles. The lowest BCUT2D eigenvalue weighted by molar-refractivity contribution is 0.543. The number of benzene rings is 1. The van der Waals surface area contributed by atoms with Gasteiger partial charge in [-0.3, -0.25) is 0 Å². The number of aryl methyl sites for hydroxylation is 1. The van der Waals surface area contributed by atoms with Gasteiger partial charge in [-0.05, 0) is 29.8 Å². The van der Waals surface area contributed by atoms with Gasteiger partial charge < -0.3 is 0 Å². The number of fused-ring (bicyclic) bond motifs is 1. The van der Waals surface area contributed by atoms with E-state index >= 15 is 0 Å². The third-order valence-corrected chi connectivity index (χ3v) is 4.67. The predicted octanol–water partition coefficient (Wildman–Crippen LogP) is 4.82. The van der Waals surface area contributed by atoms with Gasteiger partial charge in [0.1, 0.15) is 7.85 Å². The highest BCUT2D eigenvalue weighted by Gasteiger charge is 2.10. The highest BCUT2D eigenvalue weighted by Crippen LogP contribution is 2.25. The summed E-state index contributed by atoms with van der Waals surface area (Å²) >= 11 is 0. The Morgan fingerprint density at radius 3 is 2.05 bits per heavy atom. The SMILES string of the molecule is BC1CCCCCCCCCCCc2ccccc21. The molecular formula is C18H29B. The molecule has 1 aromatic rings. The molecule has 0 aliphatic heterocycles. The molecule has 0 aromatic heterocycles. The Balaban J connectivity index is 2.00. The summed E-state index contributed by atoms with van der Waals surface area (Å²) in [7, 11) is 2.42. The van der Waals surface area contributed by atoms with E-state index in [1.807, 2.05) is 0 Å². The Morgan fingerprint density at radius 1 is 0.737 bits per heavy atom. The minimum absolute atomic E-state index is 0.749. The van der Waals surface area contributed by atoms with Gasteiger partial charge >= 0.3 is 0 Å². The van der Waals surface area contributed by atoms with Crippen molar-refractivity contribution in [2.75, 3.05) is 0 Å². The van der Waals surface area contributed by atoms with Gasteiger partial charge in [0.15, 0.2) is 0 Å². The van der Waals surface area contributed by atoms with E-state index in [-0.39, 0.29) is 0 Å². The Morgan fingerprint density at radius 2 is 1.32 bits per heavy atom. The predicted molar refractivity (Wildman–Crippen MR) is 87.6 cm³/mol. The Kier molecular flexibility index (Phi) is 6.54. The first kappa shape index (κ1) is 14.7. The second-order valence-electron chi connectivity index (χ2n) is 6.32. The van der Waals surface area contributed by atoms with Crippen LogP contribution in [0.1, 0.15) is 81.2 Å². The van der Waals surface area contributed by atoms with Crippen LogP contribution in [-0.4, -0.2) is 7.85 Å². The first-order valence-electron chi connectivity index (χ1n) is 8.46. The summed E-state index contributed by atoms with van der Waals surface area (Å²) < 4.78 is 0. The summed E-state index contributed by atoms with van der Waals surface area (Å²) in [5, 5.41) is 0. The van der Waals surface area contributed by atoms with E-state index < -0.39 is 0 Å². The van der Waals surface area contributed by atoms with Gasteiger partial charge in [0.2, 0.25) is 0 Å². The molecule has 0 amide bonds. The van der Waals surface area contributed by atoms with Crippen LogP contribution in [0.4, 0.5) is 0 Å². The fourth-order valence-electron chi connectivity index (χ4n) is 3.40. The summed E-state index contributed by atoms with van der Waals surface area (Å²) in [5.41, 5.74) is 3.24. The Bertz CT molecular complexity index is 358. The zero-order valence-electron chi connectivity index (χ0n) is 12.7. The lowest BCUT2D eigenvalue weighted by atomic mass is 9.75. The van der Waals surface area contributed by atoms with Gasteiger partial charge in [-0.15, -0.1) is 0 Å². The van der Waals surface area contributed by atoms with Crippen LogP contribution < -0.4 is 0 Å². The van der Waals surface area contributed by atoms with Crippen LogP contribution in [0.25, 0.3) is 0 Å². The minimum atomic E-state index is 0.749. The zero-order valence-corrected chi connectivity index (χ0v) is 12.7. The van der Waals surface area contributed by atoms with Crippen LogP contribution in [0.2, 0.25) is 0 Å². The molecule has 1 unspecified atom stereocenters. The maximum Gasteiger partial charge on any atom is 0.111 e. The maximum atomic E-state index is 2.42. The van der Waals surface area contributed by atoms with Crippen molar-refractivity contribution < 1.29 is 0 Å². The lowest BCUT2D eigenvalue weighted by Crippen LogP contribution is -2.03. The molecule has 0 fully saturated rings. The molecule has 104 valence electrons. The third-order valence-electron chi connectivity index (χ3n) is 4.67. The van der Waals surface area contributed by atoms with Crippen LogP contribution in [0.3, 0.4) is 0 Å². The number of rotatable bonds is 0. The van der Waals surface area contributed by atoms with Gasteiger partial charge in [-0.2, -0.15) is 0 Å². The van der Waals surface area contributed by atoms with Crippen molar-refractivity contribution in [3.8, 4) is 0 Å². The van der Waals surface area contributed by atoms with Gasteiger partial charge in [0.05, 0.1) is 0 Å². The van der Waals surface area contributed by atoms with Crippen molar-refractivity contribution in [3.63, 3.8) is 0 Å². The molecule has 0 spiro atoms. The second-order valence-corrected chi connectivity index (χ2v) is 6.32. The molecule has 0 saturated heterocycles. The van der Waals surface area contributed by atoms with E-state index in [4.69, 9.17) is 0 Å². The van der Waals surface area contributed by atoms with Crippen LogP contribution in [-0.2, 0) is 6.42 Å². The Hall–Kier alpha value is -0.715. The average Bonchev–Trinajstić information content (AvgIpc) is 2.44. The maximum absolute atomic E-state index is 2.42. The van der Waals surface area contributed by atoms with E-state index in [1.165, 1.54) is 70.6 Å². The first-order chi connectivity index (χ1) is 9.38. The molecule has 1 aliphatic rings. The molecule has 0 N–H and O–H groups in total. The van der Waals surface area contributed by atoms with Crippen molar-refractivity contribution >= 4 is 7.85 Å². The summed E-state index contributed by atoms with van der Waals surface area (Å²) in [5.74, 6) is 0.749. The van der Waals surface area contributed by atoms with Crippen LogP contribution in [0.15, 0.2) is 24.3 Å². The highest BCUT2D eigenvalue weighted by atomic mass is 14.1. The van der Waals surface area contributed by atoms with E-state index in [9.17, 15) is 0 Å². The van der Waals surface area contributed by atoms with E-state index in [0.29, 0.717) is 0 Å². The van der Waals surface area contributed by atoms with Gasteiger partial charge in [-0.25, -0.2) is 0 Å². The molecule has 19 heavy (non-hydrogen) atoms. The second kappa shape index (κ2) is 8.45. The molecule has 0 radical (unpaired) electrons.